The molecule has 0 aliphatic rings. The Labute approximate surface area is 107 Å². The molecule has 1 aromatic carbocycles. The molecule has 0 saturated carbocycles. The highest BCUT2D eigenvalue weighted by atomic mass is 32.1. The Balaban J connectivity index is 2.40. The maximum Gasteiger partial charge on any atom is 0.123 e. The summed E-state index contributed by atoms with van der Waals surface area (Å²) >= 11 is 1.72. The van der Waals surface area contributed by atoms with E-state index >= 15 is 0 Å². The lowest BCUT2D eigenvalue weighted by Gasteiger charge is -2.03. The molecule has 0 fully saturated rings. The molecular formula is C14H18N2S. The van der Waals surface area contributed by atoms with Crippen molar-refractivity contribution in [3.05, 3.63) is 40.9 Å². The molecule has 0 amide bonds. The fraction of sp³-hybridized carbons (Fsp3) is 0.357. The van der Waals surface area contributed by atoms with Crippen LogP contribution < -0.4 is 5.73 Å². The molecule has 0 bridgehead atoms. The molecule has 2 nitrogen and oxygen atoms in total. The summed E-state index contributed by atoms with van der Waals surface area (Å²) in [6.07, 6.45) is 2.12. The lowest BCUT2D eigenvalue weighted by molar-refractivity contribution is 0.793. The van der Waals surface area contributed by atoms with Crippen LogP contribution >= 0.6 is 11.3 Å². The van der Waals surface area contributed by atoms with Crippen LogP contribution in [0.3, 0.4) is 0 Å². The van der Waals surface area contributed by atoms with Crippen LogP contribution in [0, 0.1) is 0 Å². The number of benzene rings is 1. The van der Waals surface area contributed by atoms with Crippen LogP contribution in [0.15, 0.2) is 30.3 Å². The zero-order valence-corrected chi connectivity index (χ0v) is 11.1. The summed E-state index contributed by atoms with van der Waals surface area (Å²) in [7, 11) is 0. The predicted molar refractivity (Wildman–Crippen MR) is 74.1 cm³/mol. The Morgan fingerprint density at radius 2 is 2.00 bits per heavy atom. The zero-order valence-electron chi connectivity index (χ0n) is 10.3. The van der Waals surface area contributed by atoms with Gasteiger partial charge >= 0.3 is 0 Å². The molecule has 0 spiro atoms. The lowest BCUT2D eigenvalue weighted by atomic mass is 10.1. The Morgan fingerprint density at radius 3 is 2.59 bits per heavy atom. The molecule has 0 aliphatic heterocycles. The fourth-order valence-corrected chi connectivity index (χ4v) is 2.91. The quantitative estimate of drug-likeness (QED) is 0.891. The van der Waals surface area contributed by atoms with Gasteiger partial charge in [0.25, 0.3) is 0 Å². The minimum absolute atomic E-state index is 0.0755. The molecule has 3 heteroatoms. The fourth-order valence-electron chi connectivity index (χ4n) is 1.84. The Morgan fingerprint density at radius 1 is 1.29 bits per heavy atom. The molecule has 0 aliphatic carbocycles. The van der Waals surface area contributed by atoms with Crippen LogP contribution in [0.1, 0.15) is 36.9 Å². The first-order valence-corrected chi connectivity index (χ1v) is 6.84. The molecule has 17 heavy (non-hydrogen) atoms. The van der Waals surface area contributed by atoms with Crippen molar-refractivity contribution in [2.45, 2.75) is 32.7 Å². The van der Waals surface area contributed by atoms with Crippen molar-refractivity contribution in [1.82, 2.24) is 4.98 Å². The van der Waals surface area contributed by atoms with Crippen molar-refractivity contribution < 1.29 is 0 Å². The number of aromatic nitrogens is 1. The SMILES string of the molecule is CCCc1nc(-c2ccccc2)sc1C(C)N. The van der Waals surface area contributed by atoms with Gasteiger partial charge in [-0.25, -0.2) is 4.98 Å². The summed E-state index contributed by atoms with van der Waals surface area (Å²) in [6.45, 7) is 4.20. The first-order chi connectivity index (χ1) is 8.22. The molecule has 1 aromatic heterocycles. The van der Waals surface area contributed by atoms with Crippen LogP contribution in [0.2, 0.25) is 0 Å². The third-order valence-corrected chi connectivity index (χ3v) is 4.00. The van der Waals surface area contributed by atoms with E-state index in [1.807, 2.05) is 25.1 Å². The molecule has 1 heterocycles. The van der Waals surface area contributed by atoms with Crippen LogP contribution in [-0.2, 0) is 6.42 Å². The molecule has 1 atom stereocenters. The third kappa shape index (κ3) is 2.73. The van der Waals surface area contributed by atoms with E-state index in [0.29, 0.717) is 0 Å². The molecule has 90 valence electrons. The number of rotatable bonds is 4. The van der Waals surface area contributed by atoms with E-state index in [0.717, 1.165) is 17.8 Å². The van der Waals surface area contributed by atoms with Crippen molar-refractivity contribution in [3.8, 4) is 10.6 Å². The average Bonchev–Trinajstić information content (AvgIpc) is 2.75. The van der Waals surface area contributed by atoms with E-state index in [4.69, 9.17) is 10.7 Å². The zero-order chi connectivity index (χ0) is 12.3. The van der Waals surface area contributed by atoms with Crippen molar-refractivity contribution in [2.24, 2.45) is 5.73 Å². The Bertz CT molecular complexity index is 474. The van der Waals surface area contributed by atoms with Gasteiger partial charge in [-0.15, -0.1) is 11.3 Å². The largest absolute Gasteiger partial charge is 0.323 e. The molecule has 0 saturated heterocycles. The van der Waals surface area contributed by atoms with Gasteiger partial charge in [-0.1, -0.05) is 43.7 Å². The second kappa shape index (κ2) is 5.43. The van der Waals surface area contributed by atoms with Gasteiger partial charge in [0.1, 0.15) is 5.01 Å². The van der Waals surface area contributed by atoms with Gasteiger partial charge in [0, 0.05) is 16.5 Å². The number of nitrogens with two attached hydrogens (primary N) is 1. The Hall–Kier alpha value is -1.19. The van der Waals surface area contributed by atoms with Crippen molar-refractivity contribution in [3.63, 3.8) is 0 Å². The van der Waals surface area contributed by atoms with E-state index < -0.39 is 0 Å². The van der Waals surface area contributed by atoms with Gasteiger partial charge in [-0.3, -0.25) is 0 Å². The minimum atomic E-state index is 0.0755. The number of nitrogens with zero attached hydrogens (tertiary/aromatic N) is 1. The average molecular weight is 246 g/mol. The number of hydrogen-bond acceptors (Lipinski definition) is 3. The molecule has 2 N–H and O–H groups in total. The predicted octanol–water partition coefficient (Wildman–Crippen LogP) is 3.78. The monoisotopic (exact) mass is 246 g/mol. The van der Waals surface area contributed by atoms with E-state index in [1.54, 1.807) is 11.3 Å². The van der Waals surface area contributed by atoms with Crippen molar-refractivity contribution in [1.29, 1.82) is 0 Å². The molecule has 1 unspecified atom stereocenters. The normalized spacial score (nSPS) is 12.6. The first kappa shape index (κ1) is 12.3. The number of thiazole rings is 1. The van der Waals surface area contributed by atoms with E-state index in [9.17, 15) is 0 Å². The van der Waals surface area contributed by atoms with Gasteiger partial charge in [-0.05, 0) is 13.3 Å². The van der Waals surface area contributed by atoms with Gasteiger partial charge in [0.15, 0.2) is 0 Å². The van der Waals surface area contributed by atoms with E-state index in [-0.39, 0.29) is 6.04 Å². The smallest absolute Gasteiger partial charge is 0.123 e. The summed E-state index contributed by atoms with van der Waals surface area (Å²) in [5, 5.41) is 1.08. The summed E-state index contributed by atoms with van der Waals surface area (Å²) in [5.41, 5.74) is 8.36. The van der Waals surface area contributed by atoms with Crippen molar-refractivity contribution >= 4 is 11.3 Å². The summed E-state index contributed by atoms with van der Waals surface area (Å²) in [6, 6.07) is 10.4. The minimum Gasteiger partial charge on any atom is -0.323 e. The molecule has 0 radical (unpaired) electrons. The standard InChI is InChI=1S/C14H18N2S/c1-3-7-12-13(10(2)15)17-14(16-12)11-8-5-4-6-9-11/h4-6,8-10H,3,7,15H2,1-2H3. The van der Waals surface area contributed by atoms with Gasteiger partial charge < -0.3 is 5.73 Å². The van der Waals surface area contributed by atoms with E-state index in [1.165, 1.54) is 16.1 Å². The molecule has 2 aromatic rings. The highest BCUT2D eigenvalue weighted by molar-refractivity contribution is 7.15. The van der Waals surface area contributed by atoms with Crippen LogP contribution in [0.5, 0.6) is 0 Å². The maximum absolute atomic E-state index is 6.01. The first-order valence-electron chi connectivity index (χ1n) is 6.03. The number of aryl methyl sites for hydroxylation is 1. The van der Waals surface area contributed by atoms with Crippen LogP contribution in [-0.4, -0.2) is 4.98 Å². The summed E-state index contributed by atoms with van der Waals surface area (Å²) in [5.74, 6) is 0. The maximum atomic E-state index is 6.01. The molecule has 2 rings (SSSR count). The van der Waals surface area contributed by atoms with Gasteiger partial charge in [0.2, 0.25) is 0 Å². The number of hydrogen-bond donors (Lipinski definition) is 1. The van der Waals surface area contributed by atoms with Gasteiger partial charge in [-0.2, -0.15) is 0 Å². The van der Waals surface area contributed by atoms with Gasteiger partial charge in [0.05, 0.1) is 5.69 Å². The summed E-state index contributed by atoms with van der Waals surface area (Å²) in [4.78, 5) is 5.96. The second-order valence-corrected chi connectivity index (χ2v) is 5.27. The van der Waals surface area contributed by atoms with Crippen LogP contribution in [0.4, 0.5) is 0 Å². The highest BCUT2D eigenvalue weighted by Gasteiger charge is 2.14. The second-order valence-electron chi connectivity index (χ2n) is 4.23. The molecular weight excluding hydrogens is 228 g/mol. The third-order valence-electron chi connectivity index (χ3n) is 2.65. The van der Waals surface area contributed by atoms with Crippen LogP contribution in [0.25, 0.3) is 10.6 Å². The highest BCUT2D eigenvalue weighted by Crippen LogP contribution is 2.31. The topological polar surface area (TPSA) is 38.9 Å². The lowest BCUT2D eigenvalue weighted by Crippen LogP contribution is -2.05. The summed E-state index contributed by atoms with van der Waals surface area (Å²) < 4.78 is 0. The van der Waals surface area contributed by atoms with E-state index in [2.05, 4.69) is 19.1 Å². The van der Waals surface area contributed by atoms with Crippen molar-refractivity contribution in [2.75, 3.05) is 0 Å². The Kier molecular flexibility index (Phi) is 3.92.